The standard InChI is InChI=1S/C7H6N2O.C6H13N3S.H2/c8-5-4-10-6-2-1-3-9-7(5)6;1-8-2-4-9(5-3-8)6(7)10;/h1-3,8H,4H2;2-5H2,1H3,(H2,7,10);1H. The maximum atomic E-state index is 7.34. The van der Waals surface area contributed by atoms with E-state index in [0.29, 0.717) is 23.1 Å². The summed E-state index contributed by atoms with van der Waals surface area (Å²) in [6, 6.07) is 3.63. The minimum Gasteiger partial charge on any atom is -0.485 e. The topological polar surface area (TPSA) is 78.5 Å². The fraction of sp³-hybridized carbons (Fsp3) is 0.462. The van der Waals surface area contributed by atoms with Gasteiger partial charge in [-0.1, -0.05) is 0 Å². The number of fused-ring (bicyclic) bond motifs is 1. The van der Waals surface area contributed by atoms with Crippen molar-refractivity contribution < 1.29 is 6.16 Å². The summed E-state index contributed by atoms with van der Waals surface area (Å²) in [5, 5.41) is 7.88. The number of nitrogens with one attached hydrogen (secondary N) is 1. The summed E-state index contributed by atoms with van der Waals surface area (Å²) < 4.78 is 5.12. The van der Waals surface area contributed by atoms with Gasteiger partial charge in [0.15, 0.2) is 5.11 Å². The van der Waals surface area contributed by atoms with Crippen molar-refractivity contribution in [3.05, 3.63) is 24.0 Å². The molecule has 3 rings (SSSR count). The normalized spacial score (nSPS) is 17.9. The summed E-state index contributed by atoms with van der Waals surface area (Å²) in [7, 11) is 2.11. The summed E-state index contributed by atoms with van der Waals surface area (Å²) in [5.41, 5.74) is 6.60. The van der Waals surface area contributed by atoms with Crippen LogP contribution in [0.5, 0.6) is 5.75 Å². The van der Waals surface area contributed by atoms with E-state index in [1.807, 2.05) is 11.0 Å². The fourth-order valence-corrected chi connectivity index (χ4v) is 2.16. The van der Waals surface area contributed by atoms with Gasteiger partial charge in [-0.3, -0.25) is 10.4 Å². The van der Waals surface area contributed by atoms with Crippen molar-refractivity contribution in [2.45, 2.75) is 0 Å². The second kappa shape index (κ2) is 6.62. The number of nitrogens with zero attached hydrogens (tertiary/aromatic N) is 3. The molecule has 0 aromatic carbocycles. The molecule has 0 atom stereocenters. The highest BCUT2D eigenvalue weighted by atomic mass is 32.1. The second-order valence-corrected chi connectivity index (χ2v) is 5.16. The van der Waals surface area contributed by atoms with E-state index < -0.39 is 0 Å². The van der Waals surface area contributed by atoms with Crippen molar-refractivity contribution in [1.29, 1.82) is 5.41 Å². The van der Waals surface area contributed by atoms with Gasteiger partial charge >= 0.3 is 0 Å². The molecule has 0 amide bonds. The smallest absolute Gasteiger partial charge is 0.166 e. The zero-order valence-electron chi connectivity index (χ0n) is 11.5. The van der Waals surface area contributed by atoms with E-state index in [0.717, 1.165) is 31.9 Å². The lowest BCUT2D eigenvalue weighted by Gasteiger charge is -2.32. The van der Waals surface area contributed by atoms with E-state index in [1.165, 1.54) is 0 Å². The Morgan fingerprint density at radius 1 is 1.45 bits per heavy atom. The number of likely N-dealkylation sites (N-methyl/N-ethyl adjacent to an activating group) is 1. The maximum absolute atomic E-state index is 7.34. The van der Waals surface area contributed by atoms with Crippen molar-refractivity contribution in [3.63, 3.8) is 0 Å². The Morgan fingerprint density at radius 2 is 2.15 bits per heavy atom. The van der Waals surface area contributed by atoms with Gasteiger partial charge in [-0.15, -0.1) is 0 Å². The fourth-order valence-electron chi connectivity index (χ4n) is 1.98. The number of aromatic nitrogens is 1. The predicted octanol–water partition coefficient (Wildman–Crippen LogP) is 0.565. The quantitative estimate of drug-likeness (QED) is 0.681. The molecular formula is C13H21N5OS. The maximum Gasteiger partial charge on any atom is 0.166 e. The Hall–Kier alpha value is -1.73. The van der Waals surface area contributed by atoms with Gasteiger partial charge < -0.3 is 20.3 Å². The van der Waals surface area contributed by atoms with Crippen LogP contribution in [0.2, 0.25) is 0 Å². The average molecular weight is 295 g/mol. The molecule has 6 nitrogen and oxygen atoms in total. The number of rotatable bonds is 0. The lowest BCUT2D eigenvalue weighted by molar-refractivity contribution is 0.216. The third-order valence-corrected chi connectivity index (χ3v) is 3.50. The predicted molar refractivity (Wildman–Crippen MR) is 84.5 cm³/mol. The first-order chi connectivity index (χ1) is 9.58. The average Bonchev–Trinajstić information content (AvgIpc) is 2.82. The van der Waals surface area contributed by atoms with Crippen LogP contribution in [-0.4, -0.2) is 65.4 Å². The summed E-state index contributed by atoms with van der Waals surface area (Å²) in [6.07, 6.45) is 1.67. The van der Waals surface area contributed by atoms with Crippen LogP contribution >= 0.6 is 12.2 Å². The van der Waals surface area contributed by atoms with E-state index in [1.54, 1.807) is 12.3 Å². The van der Waals surface area contributed by atoms with E-state index in [-0.39, 0.29) is 1.43 Å². The zero-order valence-corrected chi connectivity index (χ0v) is 12.3. The molecule has 2 aliphatic rings. The van der Waals surface area contributed by atoms with Crippen LogP contribution in [0.1, 0.15) is 7.12 Å². The summed E-state index contributed by atoms with van der Waals surface area (Å²) >= 11 is 4.84. The molecule has 20 heavy (non-hydrogen) atoms. The molecule has 2 aliphatic heterocycles. The van der Waals surface area contributed by atoms with Crippen LogP contribution in [0.25, 0.3) is 0 Å². The number of hydrogen-bond acceptors (Lipinski definition) is 5. The molecule has 1 aromatic rings. The van der Waals surface area contributed by atoms with E-state index in [9.17, 15) is 0 Å². The third-order valence-electron chi connectivity index (χ3n) is 3.24. The number of ether oxygens (including phenoxy) is 1. The molecule has 0 saturated carbocycles. The molecule has 3 N–H and O–H groups in total. The van der Waals surface area contributed by atoms with E-state index in [4.69, 9.17) is 28.1 Å². The van der Waals surface area contributed by atoms with Gasteiger partial charge in [-0.2, -0.15) is 0 Å². The molecule has 1 fully saturated rings. The Morgan fingerprint density at radius 3 is 2.75 bits per heavy atom. The molecule has 1 saturated heterocycles. The van der Waals surface area contributed by atoms with E-state index in [2.05, 4.69) is 16.9 Å². The molecule has 1 aromatic heterocycles. The first-order valence-corrected chi connectivity index (χ1v) is 6.87. The van der Waals surface area contributed by atoms with Crippen molar-refractivity contribution in [2.24, 2.45) is 5.73 Å². The first kappa shape index (κ1) is 14.7. The van der Waals surface area contributed by atoms with Gasteiger partial charge in [0.05, 0.1) is 5.71 Å². The molecule has 0 spiro atoms. The highest BCUT2D eigenvalue weighted by molar-refractivity contribution is 7.80. The highest BCUT2D eigenvalue weighted by Gasteiger charge is 2.17. The third kappa shape index (κ3) is 3.64. The molecule has 0 bridgehead atoms. The number of pyridine rings is 1. The van der Waals surface area contributed by atoms with Crippen LogP contribution in [-0.2, 0) is 0 Å². The molecule has 0 aliphatic carbocycles. The molecule has 3 heterocycles. The van der Waals surface area contributed by atoms with Crippen molar-refractivity contribution in [3.8, 4) is 5.75 Å². The van der Waals surface area contributed by atoms with Gasteiger partial charge in [-0.25, -0.2) is 0 Å². The Kier molecular flexibility index (Phi) is 4.86. The lowest BCUT2D eigenvalue weighted by Crippen LogP contribution is -2.48. The van der Waals surface area contributed by atoms with Crippen molar-refractivity contribution >= 4 is 23.0 Å². The summed E-state index contributed by atoms with van der Waals surface area (Å²) in [5.74, 6) is 0.729. The monoisotopic (exact) mass is 295 g/mol. The largest absolute Gasteiger partial charge is 0.485 e. The number of thiocarbonyl (C=S) groups is 1. The van der Waals surface area contributed by atoms with Crippen LogP contribution in [0.4, 0.5) is 0 Å². The van der Waals surface area contributed by atoms with E-state index >= 15 is 0 Å². The van der Waals surface area contributed by atoms with Crippen LogP contribution in [0.3, 0.4) is 0 Å². The zero-order chi connectivity index (χ0) is 14.5. The minimum atomic E-state index is 0. The van der Waals surface area contributed by atoms with Gasteiger partial charge in [0.25, 0.3) is 0 Å². The Labute approximate surface area is 125 Å². The van der Waals surface area contributed by atoms with Crippen molar-refractivity contribution in [2.75, 3.05) is 39.8 Å². The molecule has 0 unspecified atom stereocenters. The number of nitrogens with two attached hydrogens (primary N) is 1. The second-order valence-electron chi connectivity index (χ2n) is 4.75. The van der Waals surface area contributed by atoms with Gasteiger partial charge in [-0.05, 0) is 31.4 Å². The van der Waals surface area contributed by atoms with Crippen molar-refractivity contribution in [1.82, 2.24) is 14.8 Å². The van der Waals surface area contributed by atoms with Gasteiger partial charge in [0.2, 0.25) is 0 Å². The lowest BCUT2D eigenvalue weighted by atomic mass is 10.3. The van der Waals surface area contributed by atoms with Gasteiger partial charge in [0.1, 0.15) is 18.1 Å². The SMILES string of the molecule is CN1CCN(C(N)=S)CC1.N=C1COc2cccnc21.[HH]. The molecule has 110 valence electrons. The summed E-state index contributed by atoms with van der Waals surface area (Å²) in [6.45, 7) is 4.46. The Balaban J connectivity index is 0.000000200. The first-order valence-electron chi connectivity index (χ1n) is 6.46. The number of hydrogen-bond donors (Lipinski definition) is 2. The molecule has 0 radical (unpaired) electrons. The van der Waals surface area contributed by atoms with Gasteiger partial charge in [0, 0.05) is 33.8 Å². The Bertz CT molecular complexity index is 505. The van der Waals surface area contributed by atoms with Crippen LogP contribution < -0.4 is 10.5 Å². The molecule has 7 heteroatoms. The summed E-state index contributed by atoms with van der Waals surface area (Å²) in [4.78, 5) is 8.30. The number of piperazine rings is 1. The van der Waals surface area contributed by atoms with Crippen LogP contribution in [0.15, 0.2) is 18.3 Å². The van der Waals surface area contributed by atoms with Crippen LogP contribution in [0, 0.1) is 5.41 Å². The molecular weight excluding hydrogens is 274 g/mol. The highest BCUT2D eigenvalue weighted by Crippen LogP contribution is 2.20. The minimum absolute atomic E-state index is 0.